The Bertz CT molecular complexity index is 1210. The highest BCUT2D eigenvalue weighted by molar-refractivity contribution is 6.14. The van der Waals surface area contributed by atoms with Crippen LogP contribution in [0.5, 0.6) is 0 Å². The lowest BCUT2D eigenvalue weighted by atomic mass is 9.76. The van der Waals surface area contributed by atoms with Crippen LogP contribution in [0.15, 0.2) is 83.0 Å². The molecule has 0 aromatic carbocycles. The molecule has 5 atom stereocenters. The van der Waals surface area contributed by atoms with Crippen molar-refractivity contribution in [1.82, 2.24) is 4.98 Å². The summed E-state index contributed by atoms with van der Waals surface area (Å²) >= 11 is 0. The van der Waals surface area contributed by atoms with E-state index in [1.54, 1.807) is 19.5 Å². The number of aliphatic hydroxyl groups is 1. The number of pyridine rings is 1. The summed E-state index contributed by atoms with van der Waals surface area (Å²) in [6.45, 7) is 10.4. The minimum atomic E-state index is -0.940. The molecular formula is C29H35F2N4O2+. The maximum absolute atomic E-state index is 14.9. The van der Waals surface area contributed by atoms with Crippen molar-refractivity contribution in [3.63, 3.8) is 0 Å². The largest absolute Gasteiger partial charge is 0.495 e. The van der Waals surface area contributed by atoms with E-state index in [1.807, 2.05) is 29.7 Å². The van der Waals surface area contributed by atoms with Gasteiger partial charge in [0.15, 0.2) is 11.7 Å². The number of hydrogen-bond donors (Lipinski definition) is 2. The lowest BCUT2D eigenvalue weighted by Gasteiger charge is -2.31. The van der Waals surface area contributed by atoms with Crippen molar-refractivity contribution >= 4 is 18.1 Å². The summed E-state index contributed by atoms with van der Waals surface area (Å²) in [5, 5.41) is 10.2. The van der Waals surface area contributed by atoms with Crippen LogP contribution in [0.25, 0.3) is 5.70 Å². The van der Waals surface area contributed by atoms with Crippen LogP contribution in [0, 0.1) is 17.8 Å². The van der Waals surface area contributed by atoms with E-state index in [0.717, 1.165) is 42.2 Å². The predicted octanol–water partition coefficient (Wildman–Crippen LogP) is 5.20. The zero-order valence-electron chi connectivity index (χ0n) is 21.4. The first-order chi connectivity index (χ1) is 17.7. The van der Waals surface area contributed by atoms with Crippen molar-refractivity contribution in [2.45, 2.75) is 51.3 Å². The standard InChI is InChI=1S/C29H35F2N4O2/c1-17(19-7-6-12-33-16-19)34-28-24(18(2)35(3)26-9-5-8-23(26)29(32)36)13-20(14-27(28)37-4)22-11-10-21(30)15-25(22)31/h6-7,10,12,14-16,20,22-23,26,29,36H,1,3,5,8-9,11,13,32H2,2,4H3/q+1. The second-order valence-electron chi connectivity index (χ2n) is 9.90. The van der Waals surface area contributed by atoms with Gasteiger partial charge in [0.1, 0.15) is 36.1 Å². The second-order valence-corrected chi connectivity index (χ2v) is 9.90. The Labute approximate surface area is 217 Å². The van der Waals surface area contributed by atoms with Gasteiger partial charge >= 0.3 is 0 Å². The Morgan fingerprint density at radius 2 is 2.14 bits per heavy atom. The van der Waals surface area contributed by atoms with Gasteiger partial charge < -0.3 is 15.6 Å². The van der Waals surface area contributed by atoms with Crippen molar-refractivity contribution < 1.29 is 23.2 Å². The molecule has 8 heteroatoms. The zero-order chi connectivity index (χ0) is 26.7. The molecule has 196 valence electrons. The third-order valence-corrected chi connectivity index (χ3v) is 7.74. The monoisotopic (exact) mass is 509 g/mol. The molecule has 5 unspecified atom stereocenters. The van der Waals surface area contributed by atoms with Crippen molar-refractivity contribution in [3.8, 4) is 0 Å². The molecule has 6 nitrogen and oxygen atoms in total. The first-order valence-corrected chi connectivity index (χ1v) is 12.6. The molecule has 0 saturated heterocycles. The Kier molecular flexibility index (Phi) is 8.29. The summed E-state index contributed by atoms with van der Waals surface area (Å²) in [6, 6.07) is 3.64. The number of nitrogens with zero attached hydrogens (tertiary/aromatic N) is 3. The van der Waals surface area contributed by atoms with Crippen molar-refractivity contribution in [2.75, 3.05) is 7.11 Å². The molecule has 0 bridgehead atoms. The number of aliphatic imine (C=N–C) groups is 1. The number of halogens is 2. The van der Waals surface area contributed by atoms with Crippen LogP contribution >= 0.6 is 0 Å². The highest BCUT2D eigenvalue weighted by Gasteiger charge is 2.41. The Hall–Kier alpha value is -3.23. The van der Waals surface area contributed by atoms with Gasteiger partial charge in [0.05, 0.1) is 18.7 Å². The summed E-state index contributed by atoms with van der Waals surface area (Å²) in [4.78, 5) is 9.02. The molecule has 1 aromatic rings. The number of hydrogen-bond acceptors (Lipinski definition) is 5. The van der Waals surface area contributed by atoms with Crippen molar-refractivity contribution in [3.05, 3.63) is 83.6 Å². The molecule has 0 amide bonds. The smallest absolute Gasteiger partial charge is 0.183 e. The van der Waals surface area contributed by atoms with Gasteiger partial charge in [-0.25, -0.2) is 18.3 Å². The molecule has 37 heavy (non-hydrogen) atoms. The lowest BCUT2D eigenvalue weighted by Crippen LogP contribution is -2.40. The van der Waals surface area contributed by atoms with Crippen LogP contribution in [0.4, 0.5) is 8.78 Å². The van der Waals surface area contributed by atoms with E-state index in [1.165, 1.54) is 6.08 Å². The highest BCUT2D eigenvalue weighted by Crippen LogP contribution is 2.41. The van der Waals surface area contributed by atoms with Gasteiger partial charge in [0, 0.05) is 48.9 Å². The third kappa shape index (κ3) is 5.70. The minimum absolute atomic E-state index is 0.0473. The Morgan fingerprint density at radius 3 is 2.78 bits per heavy atom. The maximum Gasteiger partial charge on any atom is 0.183 e. The van der Waals surface area contributed by atoms with E-state index in [2.05, 4.69) is 18.3 Å². The summed E-state index contributed by atoms with van der Waals surface area (Å²) in [7, 11) is 1.55. The van der Waals surface area contributed by atoms with Gasteiger partial charge in [-0.1, -0.05) is 6.58 Å². The van der Waals surface area contributed by atoms with Gasteiger partial charge in [0.2, 0.25) is 0 Å². The molecule has 4 rings (SSSR count). The number of aliphatic hydroxyl groups excluding tert-OH is 1. The molecule has 3 N–H and O–H groups in total. The minimum Gasteiger partial charge on any atom is -0.495 e. The number of rotatable bonds is 7. The zero-order valence-corrected chi connectivity index (χ0v) is 21.4. The molecule has 1 heterocycles. The Balaban J connectivity index is 1.80. The topological polar surface area (TPSA) is 83.7 Å². The third-order valence-electron chi connectivity index (χ3n) is 7.74. The normalized spacial score (nSPS) is 29.2. The first-order valence-electron chi connectivity index (χ1n) is 12.6. The molecule has 1 saturated carbocycles. The van der Waals surface area contributed by atoms with E-state index in [-0.39, 0.29) is 24.3 Å². The number of nitrogens with two attached hydrogens (primary N) is 1. The van der Waals surface area contributed by atoms with Crippen LogP contribution in [-0.2, 0) is 4.74 Å². The molecule has 3 aliphatic carbocycles. The van der Waals surface area contributed by atoms with Crippen LogP contribution in [0.1, 0.15) is 44.6 Å². The molecule has 0 aliphatic heterocycles. The molecule has 3 aliphatic rings. The summed E-state index contributed by atoms with van der Waals surface area (Å²) in [6.07, 6.45) is 9.99. The van der Waals surface area contributed by atoms with Crippen molar-refractivity contribution in [1.29, 1.82) is 0 Å². The molecular weight excluding hydrogens is 474 g/mol. The average Bonchev–Trinajstić information content (AvgIpc) is 3.39. The number of ether oxygens (including phenoxy) is 1. The number of allylic oxidation sites excluding steroid dienone is 7. The van der Waals surface area contributed by atoms with Gasteiger partial charge in [-0.05, 0) is 55.9 Å². The highest BCUT2D eigenvalue weighted by atomic mass is 19.1. The maximum atomic E-state index is 14.9. The van der Waals surface area contributed by atoms with E-state index >= 15 is 0 Å². The summed E-state index contributed by atoms with van der Waals surface area (Å²) in [5.74, 6) is -1.45. The van der Waals surface area contributed by atoms with Crippen LogP contribution in [0.2, 0.25) is 0 Å². The fraction of sp³-hybridized carbons (Fsp3) is 0.414. The van der Waals surface area contributed by atoms with Gasteiger partial charge in [-0.3, -0.25) is 4.98 Å². The van der Waals surface area contributed by atoms with Crippen LogP contribution in [0.3, 0.4) is 0 Å². The number of aromatic nitrogens is 1. The summed E-state index contributed by atoms with van der Waals surface area (Å²) < 4.78 is 36.3. The van der Waals surface area contributed by atoms with E-state index in [0.29, 0.717) is 23.6 Å². The fourth-order valence-electron chi connectivity index (χ4n) is 5.62. The van der Waals surface area contributed by atoms with Gasteiger partial charge in [-0.15, -0.1) is 0 Å². The quantitative estimate of drug-likeness (QED) is 0.301. The van der Waals surface area contributed by atoms with Gasteiger partial charge in [-0.2, -0.15) is 0 Å². The molecule has 0 radical (unpaired) electrons. The Morgan fingerprint density at radius 1 is 1.35 bits per heavy atom. The molecule has 1 fully saturated rings. The first kappa shape index (κ1) is 26.8. The van der Waals surface area contributed by atoms with Crippen molar-refractivity contribution in [2.24, 2.45) is 28.5 Å². The average molecular weight is 510 g/mol. The van der Waals surface area contributed by atoms with E-state index < -0.39 is 23.8 Å². The predicted molar refractivity (Wildman–Crippen MR) is 142 cm³/mol. The fourth-order valence-corrected chi connectivity index (χ4v) is 5.62. The number of methoxy groups -OCH3 is 1. The van der Waals surface area contributed by atoms with E-state index in [4.69, 9.17) is 15.5 Å². The molecule has 0 spiro atoms. The van der Waals surface area contributed by atoms with Gasteiger partial charge in [0.25, 0.3) is 0 Å². The van der Waals surface area contributed by atoms with E-state index in [9.17, 15) is 13.9 Å². The summed E-state index contributed by atoms with van der Waals surface area (Å²) in [5.41, 5.74) is 9.42. The van der Waals surface area contributed by atoms with Crippen LogP contribution < -0.4 is 5.73 Å². The lowest BCUT2D eigenvalue weighted by molar-refractivity contribution is -0.520. The van der Waals surface area contributed by atoms with Crippen LogP contribution in [-0.4, -0.2) is 46.5 Å². The molecule has 1 aromatic heterocycles. The second kappa shape index (κ2) is 11.4. The SMILES string of the molecule is C=C(N=C1C(OC)=CC(C2CC=C(F)C=C2F)CC1=C(C)[N+](=C)C1CCCC1C(N)O)c1cccnc1.